The molecule has 0 aliphatic heterocycles. The largest absolute Gasteiger partial charge is 0.458 e. The lowest BCUT2D eigenvalue weighted by Gasteiger charge is -2.27. The molecule has 0 aromatic carbocycles. The van der Waals surface area contributed by atoms with Gasteiger partial charge in [-0.1, -0.05) is 6.42 Å². The topological polar surface area (TPSA) is 26.3 Å². The Balaban J connectivity index is 1.52. The lowest BCUT2D eigenvalue weighted by atomic mass is 9.78. The van der Waals surface area contributed by atoms with Crippen LogP contribution in [0.1, 0.15) is 51.9 Å². The summed E-state index contributed by atoms with van der Waals surface area (Å²) in [4.78, 5) is 11.2. The molecule has 0 amide bonds. The van der Waals surface area contributed by atoms with E-state index < -0.39 is 11.9 Å². The first-order valence-corrected chi connectivity index (χ1v) is 7.52. The van der Waals surface area contributed by atoms with Gasteiger partial charge in [-0.15, -0.1) is 0 Å². The number of carbonyl (C=O) groups excluding carboxylic acids is 1. The van der Waals surface area contributed by atoms with Gasteiger partial charge in [-0.25, -0.2) is 4.79 Å². The maximum absolute atomic E-state index is 12.8. The highest BCUT2D eigenvalue weighted by Gasteiger charge is 2.46. The molecule has 0 aromatic rings. The second-order valence-corrected chi connectivity index (χ2v) is 6.83. The Morgan fingerprint density at radius 1 is 1.05 bits per heavy atom. The van der Waals surface area contributed by atoms with Gasteiger partial charge in [0.2, 0.25) is 0 Å². The maximum Gasteiger partial charge on any atom is 0.376 e. The highest BCUT2D eigenvalue weighted by Crippen LogP contribution is 2.54. The molecule has 2 nitrogen and oxygen atoms in total. The summed E-state index contributed by atoms with van der Waals surface area (Å²) in [7, 11) is 0. The Labute approximate surface area is 112 Å². The minimum Gasteiger partial charge on any atom is -0.458 e. The van der Waals surface area contributed by atoms with Crippen molar-refractivity contribution in [2.75, 3.05) is 0 Å². The molecule has 5 unspecified atom stereocenters. The van der Waals surface area contributed by atoms with Crippen molar-refractivity contribution in [3.05, 3.63) is 0 Å². The van der Waals surface area contributed by atoms with Gasteiger partial charge in [0.05, 0.1) is 0 Å². The smallest absolute Gasteiger partial charge is 0.376 e. The van der Waals surface area contributed by atoms with Crippen LogP contribution in [0.2, 0.25) is 0 Å². The van der Waals surface area contributed by atoms with Crippen molar-refractivity contribution in [1.82, 2.24) is 0 Å². The molecule has 0 N–H and O–H groups in total. The summed E-state index contributed by atoms with van der Waals surface area (Å²) in [5, 5.41) is 0. The third-order valence-electron chi connectivity index (χ3n) is 5.46. The number of halogens is 2. The second-order valence-electron chi connectivity index (χ2n) is 6.83. The summed E-state index contributed by atoms with van der Waals surface area (Å²) in [5.41, 5.74) is 0. The van der Waals surface area contributed by atoms with Crippen molar-refractivity contribution in [3.63, 3.8) is 0 Å². The van der Waals surface area contributed by atoms with Crippen LogP contribution in [-0.4, -0.2) is 18.0 Å². The molecule has 0 spiro atoms. The zero-order valence-electron chi connectivity index (χ0n) is 11.4. The SMILES string of the molecule is CC(F)(F)C(=O)OC1CCC(C2CC3CCC2C3)C1. The van der Waals surface area contributed by atoms with Gasteiger partial charge in [0.15, 0.2) is 0 Å². The number of carbonyl (C=O) groups is 1. The minimum atomic E-state index is -3.36. The first-order chi connectivity index (χ1) is 8.93. The van der Waals surface area contributed by atoms with E-state index >= 15 is 0 Å². The van der Waals surface area contributed by atoms with E-state index in [1.165, 1.54) is 25.7 Å². The van der Waals surface area contributed by atoms with E-state index in [-0.39, 0.29) is 6.10 Å². The van der Waals surface area contributed by atoms with E-state index in [2.05, 4.69) is 0 Å². The number of hydrogen-bond acceptors (Lipinski definition) is 2. The van der Waals surface area contributed by atoms with Crippen LogP contribution in [0, 0.1) is 23.7 Å². The van der Waals surface area contributed by atoms with Gasteiger partial charge < -0.3 is 4.74 Å². The van der Waals surface area contributed by atoms with Gasteiger partial charge in [0, 0.05) is 6.92 Å². The van der Waals surface area contributed by atoms with Crippen molar-refractivity contribution in [2.45, 2.75) is 63.9 Å². The number of esters is 1. The van der Waals surface area contributed by atoms with Crippen molar-refractivity contribution in [2.24, 2.45) is 23.7 Å². The van der Waals surface area contributed by atoms with Crippen molar-refractivity contribution >= 4 is 5.97 Å². The molecule has 0 saturated heterocycles. The standard InChI is InChI=1S/C15H22F2O2/c1-15(16,17)14(18)19-12-5-4-11(8-12)13-7-9-2-3-10(13)6-9/h9-13H,2-8H2,1H3. The van der Waals surface area contributed by atoms with Gasteiger partial charge in [0.1, 0.15) is 6.10 Å². The number of ether oxygens (including phenoxy) is 1. The van der Waals surface area contributed by atoms with E-state index in [1.54, 1.807) is 0 Å². The molecule has 2 bridgehead atoms. The molecule has 0 radical (unpaired) electrons. The minimum absolute atomic E-state index is 0.276. The fourth-order valence-electron chi connectivity index (χ4n) is 4.60. The predicted octanol–water partition coefficient (Wildman–Crippen LogP) is 3.79. The molecule has 3 aliphatic rings. The molecule has 108 valence electrons. The lowest BCUT2D eigenvalue weighted by molar-refractivity contribution is -0.174. The Hall–Kier alpha value is -0.670. The highest BCUT2D eigenvalue weighted by atomic mass is 19.3. The van der Waals surface area contributed by atoms with E-state index in [0.29, 0.717) is 12.8 Å². The molecule has 5 atom stereocenters. The Morgan fingerprint density at radius 3 is 2.32 bits per heavy atom. The van der Waals surface area contributed by atoms with Crippen LogP contribution >= 0.6 is 0 Å². The molecule has 3 fully saturated rings. The summed E-state index contributed by atoms with van der Waals surface area (Å²) in [6, 6.07) is 0. The van der Waals surface area contributed by atoms with Gasteiger partial charge in [0.25, 0.3) is 0 Å². The predicted molar refractivity (Wildman–Crippen MR) is 66.8 cm³/mol. The summed E-state index contributed by atoms with van der Waals surface area (Å²) in [6.07, 6.45) is 7.76. The molecule has 19 heavy (non-hydrogen) atoms. The molecule has 0 heterocycles. The number of alkyl halides is 2. The van der Waals surface area contributed by atoms with Gasteiger partial charge >= 0.3 is 11.9 Å². The summed E-state index contributed by atoms with van der Waals surface area (Å²) < 4.78 is 30.6. The molecule has 4 heteroatoms. The Kier molecular flexibility index (Phi) is 3.30. The third kappa shape index (κ3) is 2.63. The summed E-state index contributed by atoms with van der Waals surface area (Å²) >= 11 is 0. The number of fused-ring (bicyclic) bond motifs is 2. The maximum atomic E-state index is 12.8. The van der Waals surface area contributed by atoms with E-state index in [9.17, 15) is 13.6 Å². The highest BCUT2D eigenvalue weighted by molar-refractivity contribution is 5.77. The average Bonchev–Trinajstić information content (AvgIpc) is 3.02. The van der Waals surface area contributed by atoms with Crippen LogP contribution in [0.3, 0.4) is 0 Å². The fraction of sp³-hybridized carbons (Fsp3) is 0.933. The van der Waals surface area contributed by atoms with Gasteiger partial charge in [-0.2, -0.15) is 8.78 Å². The number of rotatable bonds is 3. The molecule has 3 aliphatic carbocycles. The summed E-state index contributed by atoms with van der Waals surface area (Å²) in [6.45, 7) is 0.609. The molecule has 0 aromatic heterocycles. The van der Waals surface area contributed by atoms with Crippen LogP contribution in [0.25, 0.3) is 0 Å². The molecular weight excluding hydrogens is 250 g/mol. The summed E-state index contributed by atoms with van der Waals surface area (Å²) in [5.74, 6) is -1.58. The van der Waals surface area contributed by atoms with Gasteiger partial charge in [-0.3, -0.25) is 0 Å². The normalized spacial score (nSPS) is 41.7. The molecule has 3 rings (SSSR count). The van der Waals surface area contributed by atoms with E-state index in [1.807, 2.05) is 0 Å². The number of hydrogen-bond donors (Lipinski definition) is 0. The van der Waals surface area contributed by atoms with Crippen LogP contribution in [0.15, 0.2) is 0 Å². The zero-order valence-corrected chi connectivity index (χ0v) is 11.4. The first-order valence-electron chi connectivity index (χ1n) is 7.52. The lowest BCUT2D eigenvalue weighted by Crippen LogP contribution is -2.30. The quantitative estimate of drug-likeness (QED) is 0.731. The Bertz CT molecular complexity index is 364. The monoisotopic (exact) mass is 272 g/mol. The third-order valence-corrected chi connectivity index (χ3v) is 5.46. The van der Waals surface area contributed by atoms with E-state index in [0.717, 1.165) is 37.0 Å². The van der Waals surface area contributed by atoms with Crippen molar-refractivity contribution in [3.8, 4) is 0 Å². The Morgan fingerprint density at radius 2 is 1.74 bits per heavy atom. The fourth-order valence-corrected chi connectivity index (χ4v) is 4.60. The van der Waals surface area contributed by atoms with Crippen LogP contribution < -0.4 is 0 Å². The zero-order chi connectivity index (χ0) is 13.6. The van der Waals surface area contributed by atoms with Crippen LogP contribution in [0.5, 0.6) is 0 Å². The average molecular weight is 272 g/mol. The van der Waals surface area contributed by atoms with E-state index in [4.69, 9.17) is 4.74 Å². The van der Waals surface area contributed by atoms with Crippen LogP contribution in [-0.2, 0) is 9.53 Å². The van der Waals surface area contributed by atoms with Crippen molar-refractivity contribution in [1.29, 1.82) is 0 Å². The first kappa shape index (κ1) is 13.3. The second kappa shape index (κ2) is 4.71. The molecule has 3 saturated carbocycles. The molecular formula is C15H22F2O2. The van der Waals surface area contributed by atoms with Crippen molar-refractivity contribution < 1.29 is 18.3 Å². The van der Waals surface area contributed by atoms with Crippen LogP contribution in [0.4, 0.5) is 8.78 Å². The van der Waals surface area contributed by atoms with Gasteiger partial charge in [-0.05, 0) is 62.2 Å².